The van der Waals surface area contributed by atoms with Crippen molar-refractivity contribution in [3.8, 4) is 0 Å². The number of likely N-dealkylation sites (N-methyl/N-ethyl adjacent to an activating group) is 1. The second kappa shape index (κ2) is 48.5. The molecule has 0 saturated carbocycles. The number of hydrogen-bond acceptors (Lipinski definition) is 5. The van der Waals surface area contributed by atoms with Gasteiger partial charge in [-0.15, -0.1) is 0 Å². The Balaban J connectivity index is 4.31. The number of aliphatic hydroxyl groups is 1. The van der Waals surface area contributed by atoms with Crippen LogP contribution in [0.25, 0.3) is 0 Å². The molecule has 0 heterocycles. The Labute approximate surface area is 409 Å². The molecular weight excluding hydrogens is 840 g/mol. The van der Waals surface area contributed by atoms with E-state index in [4.69, 9.17) is 9.05 Å². The van der Waals surface area contributed by atoms with Crippen molar-refractivity contribution in [3.63, 3.8) is 0 Å². The third-order valence-corrected chi connectivity index (χ3v) is 13.5. The molecule has 0 fully saturated rings. The number of nitrogens with zero attached hydrogens (tertiary/aromatic N) is 1. The zero-order chi connectivity index (χ0) is 48.5. The van der Waals surface area contributed by atoms with E-state index in [1.54, 1.807) is 6.08 Å². The van der Waals surface area contributed by atoms with Gasteiger partial charge in [-0.25, -0.2) is 4.57 Å². The Morgan fingerprint density at radius 2 is 0.833 bits per heavy atom. The summed E-state index contributed by atoms with van der Waals surface area (Å²) in [5.41, 5.74) is 0. The fourth-order valence-corrected chi connectivity index (χ4v) is 8.81. The SMILES string of the molecule is CCCCCCCCC/C=C\CCCCCCCCCC(=O)NC(COP(=O)(O)OCC[N+](C)(C)C)C(O)/C=C/CC/C=C/CC/C=C/CCCCCCCCCCCCCCCCCC. The number of phosphoric ester groups is 1. The number of carbonyl (C=O) groups excluding carboxylic acids is 1. The zero-order valence-corrected chi connectivity index (χ0v) is 45.1. The van der Waals surface area contributed by atoms with E-state index in [9.17, 15) is 19.4 Å². The van der Waals surface area contributed by atoms with Crippen LogP contribution in [0.1, 0.15) is 258 Å². The zero-order valence-electron chi connectivity index (χ0n) is 44.2. The van der Waals surface area contributed by atoms with E-state index in [1.165, 1.54) is 193 Å². The number of rotatable bonds is 51. The average molecular weight is 950 g/mol. The monoisotopic (exact) mass is 950 g/mol. The molecule has 8 nitrogen and oxygen atoms in total. The predicted octanol–water partition coefficient (Wildman–Crippen LogP) is 16.8. The van der Waals surface area contributed by atoms with Gasteiger partial charge in [0.25, 0.3) is 0 Å². The first-order valence-corrected chi connectivity index (χ1v) is 29.5. The molecular formula is C57H110N2O6P+. The molecule has 0 spiro atoms. The summed E-state index contributed by atoms with van der Waals surface area (Å²) in [6.45, 7) is 4.80. The maximum atomic E-state index is 12.9. The lowest BCUT2D eigenvalue weighted by molar-refractivity contribution is -0.870. The lowest BCUT2D eigenvalue weighted by Crippen LogP contribution is -2.45. The molecule has 0 aromatic heterocycles. The molecule has 0 radical (unpaired) electrons. The van der Waals surface area contributed by atoms with Crippen LogP contribution < -0.4 is 5.32 Å². The van der Waals surface area contributed by atoms with Crippen molar-refractivity contribution in [2.45, 2.75) is 270 Å². The van der Waals surface area contributed by atoms with Crippen LogP contribution in [0.3, 0.4) is 0 Å². The Kier molecular flexibility index (Phi) is 47.4. The molecule has 0 bridgehead atoms. The van der Waals surface area contributed by atoms with Crippen LogP contribution in [0.15, 0.2) is 48.6 Å². The summed E-state index contributed by atoms with van der Waals surface area (Å²) in [6, 6.07) is -0.873. The number of carbonyl (C=O) groups is 1. The van der Waals surface area contributed by atoms with Gasteiger partial charge in [-0.2, -0.15) is 0 Å². The minimum atomic E-state index is -4.36. The van der Waals surface area contributed by atoms with Crippen molar-refractivity contribution in [2.24, 2.45) is 0 Å². The number of nitrogens with one attached hydrogen (secondary N) is 1. The maximum absolute atomic E-state index is 12.9. The summed E-state index contributed by atoms with van der Waals surface area (Å²) < 4.78 is 23.7. The number of hydrogen-bond donors (Lipinski definition) is 3. The van der Waals surface area contributed by atoms with Gasteiger partial charge in [-0.1, -0.05) is 229 Å². The van der Waals surface area contributed by atoms with Gasteiger partial charge in [-0.3, -0.25) is 13.8 Å². The Morgan fingerprint density at radius 1 is 0.500 bits per heavy atom. The Bertz CT molecular complexity index is 1210. The first-order chi connectivity index (χ1) is 32.0. The van der Waals surface area contributed by atoms with Gasteiger partial charge in [0.15, 0.2) is 0 Å². The highest BCUT2D eigenvalue weighted by atomic mass is 31.2. The van der Waals surface area contributed by atoms with Crippen LogP contribution in [-0.4, -0.2) is 73.4 Å². The van der Waals surface area contributed by atoms with Gasteiger partial charge in [0, 0.05) is 6.42 Å². The van der Waals surface area contributed by atoms with E-state index in [-0.39, 0.29) is 19.1 Å². The van der Waals surface area contributed by atoms with Crippen LogP contribution in [0.2, 0.25) is 0 Å². The molecule has 0 saturated heterocycles. The van der Waals surface area contributed by atoms with Gasteiger partial charge in [0.2, 0.25) is 5.91 Å². The highest BCUT2D eigenvalue weighted by Gasteiger charge is 2.27. The van der Waals surface area contributed by atoms with Crippen molar-refractivity contribution >= 4 is 13.7 Å². The number of quaternary nitrogens is 1. The van der Waals surface area contributed by atoms with Crippen LogP contribution in [0.5, 0.6) is 0 Å². The molecule has 0 aliphatic carbocycles. The third-order valence-electron chi connectivity index (χ3n) is 12.5. The van der Waals surface area contributed by atoms with Crippen molar-refractivity contribution in [3.05, 3.63) is 48.6 Å². The summed E-state index contributed by atoms with van der Waals surface area (Å²) >= 11 is 0. The molecule has 0 aliphatic heterocycles. The van der Waals surface area contributed by atoms with E-state index in [1.807, 2.05) is 27.2 Å². The van der Waals surface area contributed by atoms with E-state index in [0.29, 0.717) is 17.4 Å². The molecule has 1 amide bonds. The molecule has 0 aromatic carbocycles. The highest BCUT2D eigenvalue weighted by Crippen LogP contribution is 2.43. The van der Waals surface area contributed by atoms with E-state index < -0.39 is 20.0 Å². The first-order valence-electron chi connectivity index (χ1n) is 28.0. The molecule has 0 aliphatic rings. The summed E-state index contributed by atoms with van der Waals surface area (Å²) in [4.78, 5) is 23.2. The van der Waals surface area contributed by atoms with Gasteiger partial charge < -0.3 is 19.8 Å². The topological polar surface area (TPSA) is 105 Å². The summed E-state index contributed by atoms with van der Waals surface area (Å²) in [6.07, 6.45) is 63.6. The van der Waals surface area contributed by atoms with Gasteiger partial charge in [0.05, 0.1) is 39.9 Å². The third kappa shape index (κ3) is 50.3. The number of phosphoric acid groups is 1. The fraction of sp³-hybridized carbons (Fsp3) is 0.842. The quantitative estimate of drug-likeness (QED) is 0.0243. The summed E-state index contributed by atoms with van der Waals surface area (Å²) in [5.74, 6) is -0.194. The van der Waals surface area contributed by atoms with Gasteiger partial charge in [0.1, 0.15) is 13.2 Å². The summed E-state index contributed by atoms with van der Waals surface area (Å²) in [5, 5.41) is 13.9. The lowest BCUT2D eigenvalue weighted by Gasteiger charge is -2.25. The second-order valence-electron chi connectivity index (χ2n) is 20.3. The van der Waals surface area contributed by atoms with Crippen LogP contribution >= 0.6 is 7.82 Å². The molecule has 9 heteroatoms. The van der Waals surface area contributed by atoms with E-state index in [0.717, 1.165) is 44.9 Å². The van der Waals surface area contributed by atoms with E-state index in [2.05, 4.69) is 55.6 Å². The number of unbranched alkanes of at least 4 members (excludes halogenated alkanes) is 32. The van der Waals surface area contributed by atoms with Crippen molar-refractivity contribution < 1.29 is 32.9 Å². The van der Waals surface area contributed by atoms with Crippen molar-refractivity contribution in [1.82, 2.24) is 5.32 Å². The molecule has 3 unspecified atom stereocenters. The lowest BCUT2D eigenvalue weighted by atomic mass is 10.0. The average Bonchev–Trinajstić information content (AvgIpc) is 3.28. The Hall–Kier alpha value is -1.54. The van der Waals surface area contributed by atoms with Crippen molar-refractivity contribution in [2.75, 3.05) is 40.9 Å². The van der Waals surface area contributed by atoms with Gasteiger partial charge in [-0.05, 0) is 70.6 Å². The van der Waals surface area contributed by atoms with Crippen LogP contribution in [0.4, 0.5) is 0 Å². The number of aliphatic hydroxyl groups excluding tert-OH is 1. The standard InChI is InChI=1S/C57H109N2O6P/c1-6-8-10-12-14-16-18-20-22-24-26-27-28-29-30-31-32-33-34-36-38-40-42-44-46-48-50-56(60)55(54-65-66(62,63)64-53-52-59(3,4)5)58-57(61)51-49-47-45-43-41-39-37-35-25-23-21-19-17-15-13-11-9-7-2/h23,25,33-34,40,42,48,50,55-56,60H,6-22,24,26-32,35-39,41,43-47,49,51-54H2,1-5H3,(H-,58,61,62,63)/p+1/b25-23-,34-33+,42-40+,50-48+. The normalized spacial score (nSPS) is 14.3. The molecule has 3 atom stereocenters. The molecule has 3 N–H and O–H groups in total. The minimum absolute atomic E-state index is 0.0521. The molecule has 0 aromatic rings. The van der Waals surface area contributed by atoms with E-state index >= 15 is 0 Å². The summed E-state index contributed by atoms with van der Waals surface area (Å²) in [7, 11) is 1.55. The minimum Gasteiger partial charge on any atom is -0.387 e. The molecule has 66 heavy (non-hydrogen) atoms. The second-order valence-corrected chi connectivity index (χ2v) is 21.7. The van der Waals surface area contributed by atoms with Crippen molar-refractivity contribution in [1.29, 1.82) is 0 Å². The largest absolute Gasteiger partial charge is 0.472 e. The number of allylic oxidation sites excluding steroid dienone is 7. The molecule has 0 rings (SSSR count). The van der Waals surface area contributed by atoms with Crippen LogP contribution in [0, 0.1) is 0 Å². The smallest absolute Gasteiger partial charge is 0.387 e. The highest BCUT2D eigenvalue weighted by molar-refractivity contribution is 7.47. The van der Waals surface area contributed by atoms with Gasteiger partial charge >= 0.3 is 7.82 Å². The Morgan fingerprint density at radius 3 is 1.21 bits per heavy atom. The number of amides is 1. The van der Waals surface area contributed by atoms with Crippen LogP contribution in [-0.2, 0) is 18.4 Å². The maximum Gasteiger partial charge on any atom is 0.472 e. The fourth-order valence-electron chi connectivity index (χ4n) is 8.07. The first kappa shape index (κ1) is 64.5. The molecule has 388 valence electrons. The predicted molar refractivity (Wildman–Crippen MR) is 286 cm³/mol.